The molecule has 2 aromatic rings. The van der Waals surface area contributed by atoms with E-state index in [0.29, 0.717) is 13.1 Å². The van der Waals surface area contributed by atoms with Gasteiger partial charge in [-0.05, 0) is 37.2 Å². The van der Waals surface area contributed by atoms with Crippen LogP contribution in [0.2, 0.25) is 0 Å². The third-order valence-electron chi connectivity index (χ3n) is 4.95. The lowest BCUT2D eigenvalue weighted by Gasteiger charge is -2.32. The normalized spacial score (nSPS) is 16.1. The highest BCUT2D eigenvalue weighted by atomic mass is 15.2. The van der Waals surface area contributed by atoms with Gasteiger partial charge in [-0.2, -0.15) is 0 Å². The van der Waals surface area contributed by atoms with Gasteiger partial charge in [0.15, 0.2) is 5.96 Å². The maximum atomic E-state index is 4.70. The van der Waals surface area contributed by atoms with Crippen molar-refractivity contribution in [3.8, 4) is 0 Å². The molecule has 1 saturated heterocycles. The lowest BCUT2D eigenvalue weighted by molar-refractivity contribution is 0.148. The number of piperazine rings is 1. The monoisotopic (exact) mass is 380 g/mol. The van der Waals surface area contributed by atoms with Gasteiger partial charge in [-0.1, -0.05) is 30.3 Å². The quantitative estimate of drug-likeness (QED) is 0.569. The molecule has 3 rings (SSSR count). The lowest BCUT2D eigenvalue weighted by Crippen LogP contribution is -2.43. The molecule has 1 aromatic heterocycles. The Morgan fingerprint density at radius 2 is 1.75 bits per heavy atom. The maximum Gasteiger partial charge on any atom is 0.191 e. The summed E-state index contributed by atoms with van der Waals surface area (Å²) in [5, 5.41) is 6.63. The number of hydrogen-bond acceptors (Lipinski definition) is 4. The summed E-state index contributed by atoms with van der Waals surface area (Å²) in [5.41, 5.74) is 3.59. The maximum absolute atomic E-state index is 4.70. The number of aliphatic imine (C=N–C) groups is 1. The van der Waals surface area contributed by atoms with Crippen LogP contribution in [0.3, 0.4) is 0 Å². The van der Waals surface area contributed by atoms with Gasteiger partial charge in [0.1, 0.15) is 0 Å². The molecule has 0 amide bonds. The standard InChI is InChI=1S/C22H32N6/c1-3-23-22(26-17-21-6-4-5-11-24-21)25-16-19-7-9-20(10-8-19)18-28-14-12-27(2)13-15-28/h4-11H,3,12-18H2,1-2H3,(H2,23,25,26). The minimum absolute atomic E-state index is 0.659. The zero-order valence-corrected chi connectivity index (χ0v) is 17.1. The van der Waals surface area contributed by atoms with Crippen molar-refractivity contribution < 1.29 is 0 Å². The van der Waals surface area contributed by atoms with E-state index in [1.807, 2.05) is 24.4 Å². The van der Waals surface area contributed by atoms with Gasteiger partial charge in [-0.25, -0.2) is 4.99 Å². The smallest absolute Gasteiger partial charge is 0.191 e. The lowest BCUT2D eigenvalue weighted by atomic mass is 10.1. The second kappa shape index (κ2) is 10.8. The summed E-state index contributed by atoms with van der Waals surface area (Å²) in [4.78, 5) is 14.0. The molecule has 1 fully saturated rings. The third kappa shape index (κ3) is 6.62. The van der Waals surface area contributed by atoms with Crippen molar-refractivity contribution in [3.05, 3.63) is 65.5 Å². The van der Waals surface area contributed by atoms with Crippen molar-refractivity contribution in [1.82, 2.24) is 25.4 Å². The van der Waals surface area contributed by atoms with Crippen LogP contribution in [-0.2, 0) is 19.6 Å². The predicted octanol–water partition coefficient (Wildman–Crippen LogP) is 2.08. The van der Waals surface area contributed by atoms with Crippen molar-refractivity contribution in [1.29, 1.82) is 0 Å². The van der Waals surface area contributed by atoms with Gasteiger partial charge in [0.2, 0.25) is 0 Å². The topological polar surface area (TPSA) is 55.8 Å². The molecule has 2 heterocycles. The van der Waals surface area contributed by atoms with Gasteiger partial charge in [-0.15, -0.1) is 0 Å². The first-order valence-corrected chi connectivity index (χ1v) is 10.1. The number of benzene rings is 1. The fourth-order valence-electron chi connectivity index (χ4n) is 3.20. The molecule has 0 spiro atoms. The van der Waals surface area contributed by atoms with Gasteiger partial charge in [-0.3, -0.25) is 9.88 Å². The molecule has 0 aliphatic carbocycles. The number of hydrogen-bond donors (Lipinski definition) is 2. The molecule has 0 bridgehead atoms. The zero-order chi connectivity index (χ0) is 19.6. The summed E-state index contributed by atoms with van der Waals surface area (Å²) in [5.74, 6) is 0.815. The van der Waals surface area contributed by atoms with Gasteiger partial charge in [0.05, 0.1) is 18.8 Å². The molecule has 1 aliphatic heterocycles. The number of nitrogens with zero attached hydrogens (tertiary/aromatic N) is 4. The number of aromatic nitrogens is 1. The Balaban J connectivity index is 1.50. The first-order chi connectivity index (χ1) is 13.7. The van der Waals surface area contributed by atoms with E-state index in [-0.39, 0.29) is 0 Å². The minimum atomic E-state index is 0.659. The molecule has 150 valence electrons. The molecule has 1 aromatic carbocycles. The Labute approximate surface area is 168 Å². The van der Waals surface area contributed by atoms with Crippen molar-refractivity contribution >= 4 is 5.96 Å². The number of pyridine rings is 1. The third-order valence-corrected chi connectivity index (χ3v) is 4.95. The largest absolute Gasteiger partial charge is 0.357 e. The second-order valence-electron chi connectivity index (χ2n) is 7.27. The fourth-order valence-corrected chi connectivity index (χ4v) is 3.20. The molecule has 0 saturated carbocycles. The summed E-state index contributed by atoms with van der Waals surface area (Å²) in [6, 6.07) is 14.8. The van der Waals surface area contributed by atoms with E-state index >= 15 is 0 Å². The fraction of sp³-hybridized carbons (Fsp3) is 0.455. The van der Waals surface area contributed by atoms with E-state index in [1.165, 1.54) is 11.1 Å². The minimum Gasteiger partial charge on any atom is -0.357 e. The SMILES string of the molecule is CCNC(=NCc1ccc(CN2CCN(C)CC2)cc1)NCc1ccccn1. The van der Waals surface area contributed by atoms with Crippen LogP contribution in [0.4, 0.5) is 0 Å². The molecule has 6 nitrogen and oxygen atoms in total. The highest BCUT2D eigenvalue weighted by Gasteiger charge is 2.13. The summed E-state index contributed by atoms with van der Waals surface area (Å²) in [7, 11) is 2.19. The van der Waals surface area contributed by atoms with Gasteiger partial charge in [0, 0.05) is 45.5 Å². The van der Waals surface area contributed by atoms with E-state index in [0.717, 1.165) is 50.9 Å². The second-order valence-corrected chi connectivity index (χ2v) is 7.27. The molecule has 0 atom stereocenters. The van der Waals surface area contributed by atoms with Crippen LogP contribution < -0.4 is 10.6 Å². The Hall–Kier alpha value is -2.44. The van der Waals surface area contributed by atoms with Crippen molar-refractivity contribution in [2.45, 2.75) is 26.6 Å². The molecule has 0 unspecified atom stereocenters. The van der Waals surface area contributed by atoms with Crippen LogP contribution in [0, 0.1) is 0 Å². The zero-order valence-electron chi connectivity index (χ0n) is 17.1. The van der Waals surface area contributed by atoms with Crippen LogP contribution in [0.15, 0.2) is 53.7 Å². The molecular formula is C22H32N6. The van der Waals surface area contributed by atoms with Crippen molar-refractivity contribution in [2.24, 2.45) is 4.99 Å². The van der Waals surface area contributed by atoms with Crippen LogP contribution in [0.1, 0.15) is 23.7 Å². The number of likely N-dealkylation sites (N-methyl/N-ethyl adjacent to an activating group) is 1. The molecule has 1 aliphatic rings. The van der Waals surface area contributed by atoms with Crippen molar-refractivity contribution in [3.63, 3.8) is 0 Å². The van der Waals surface area contributed by atoms with Gasteiger partial charge < -0.3 is 15.5 Å². The highest BCUT2D eigenvalue weighted by molar-refractivity contribution is 5.79. The molecular weight excluding hydrogens is 348 g/mol. The summed E-state index contributed by atoms with van der Waals surface area (Å²) >= 11 is 0. The van der Waals surface area contributed by atoms with Crippen LogP contribution in [0.25, 0.3) is 0 Å². The van der Waals surface area contributed by atoms with Crippen molar-refractivity contribution in [2.75, 3.05) is 39.8 Å². The summed E-state index contributed by atoms with van der Waals surface area (Å²) in [6.45, 7) is 9.88. The van der Waals surface area contributed by atoms with E-state index in [9.17, 15) is 0 Å². The molecule has 0 radical (unpaired) electrons. The highest BCUT2D eigenvalue weighted by Crippen LogP contribution is 2.10. The first kappa shape index (κ1) is 20.3. The Bertz CT molecular complexity index is 720. The van der Waals surface area contributed by atoms with Gasteiger partial charge >= 0.3 is 0 Å². The number of guanidine groups is 1. The molecule has 6 heteroatoms. The van der Waals surface area contributed by atoms with Crippen LogP contribution in [-0.4, -0.2) is 60.5 Å². The van der Waals surface area contributed by atoms with Crippen LogP contribution in [0.5, 0.6) is 0 Å². The Morgan fingerprint density at radius 1 is 1.00 bits per heavy atom. The number of nitrogens with one attached hydrogen (secondary N) is 2. The van der Waals surface area contributed by atoms with E-state index in [4.69, 9.17) is 4.99 Å². The Kier molecular flexibility index (Phi) is 7.82. The predicted molar refractivity (Wildman–Crippen MR) is 115 cm³/mol. The molecule has 28 heavy (non-hydrogen) atoms. The summed E-state index contributed by atoms with van der Waals surface area (Å²) in [6.07, 6.45) is 1.81. The van der Waals surface area contributed by atoms with E-state index < -0.39 is 0 Å². The van der Waals surface area contributed by atoms with E-state index in [1.54, 1.807) is 0 Å². The average Bonchev–Trinajstić information content (AvgIpc) is 2.73. The average molecular weight is 381 g/mol. The summed E-state index contributed by atoms with van der Waals surface area (Å²) < 4.78 is 0. The number of rotatable bonds is 7. The van der Waals surface area contributed by atoms with Crippen LogP contribution >= 0.6 is 0 Å². The van der Waals surface area contributed by atoms with E-state index in [2.05, 4.69) is 63.7 Å². The first-order valence-electron chi connectivity index (χ1n) is 10.1. The van der Waals surface area contributed by atoms with Gasteiger partial charge in [0.25, 0.3) is 0 Å². The Morgan fingerprint density at radius 3 is 2.43 bits per heavy atom. The molecule has 2 N–H and O–H groups in total.